The van der Waals surface area contributed by atoms with Crippen LogP contribution in [0.25, 0.3) is 17.0 Å². The molecule has 0 aromatic carbocycles. The molecule has 3 N–H and O–H groups in total. The van der Waals surface area contributed by atoms with Gasteiger partial charge in [0, 0.05) is 43.4 Å². The van der Waals surface area contributed by atoms with Crippen LogP contribution in [0, 0.1) is 11.7 Å². The third kappa shape index (κ3) is 4.27. The summed E-state index contributed by atoms with van der Waals surface area (Å²) in [6, 6.07) is 6.60. The fourth-order valence-electron chi connectivity index (χ4n) is 5.26. The highest BCUT2D eigenvalue weighted by Gasteiger charge is 2.32. The third-order valence-corrected chi connectivity index (χ3v) is 7.35. The second-order valence-electron chi connectivity index (χ2n) is 10.2. The summed E-state index contributed by atoms with van der Waals surface area (Å²) in [5.41, 5.74) is 3.88. The molecule has 2 aliphatic heterocycles. The molecule has 0 spiro atoms. The second kappa shape index (κ2) is 8.81. The van der Waals surface area contributed by atoms with E-state index in [-0.39, 0.29) is 17.6 Å². The van der Waals surface area contributed by atoms with Crippen molar-refractivity contribution in [1.82, 2.24) is 24.7 Å². The predicted molar refractivity (Wildman–Crippen MR) is 138 cm³/mol. The predicted octanol–water partition coefficient (Wildman–Crippen LogP) is 3.90. The number of nitrogens with one attached hydrogen (secondary N) is 2. The molecule has 10 heteroatoms. The molecule has 6 heterocycles. The van der Waals surface area contributed by atoms with Crippen LogP contribution in [0.4, 0.5) is 21.6 Å². The number of hydrogen-bond acceptors (Lipinski definition) is 7. The summed E-state index contributed by atoms with van der Waals surface area (Å²) in [4.78, 5) is 28.6. The van der Waals surface area contributed by atoms with Gasteiger partial charge in [-0.15, -0.1) is 0 Å². The summed E-state index contributed by atoms with van der Waals surface area (Å²) in [6.07, 6.45) is 8.71. The van der Waals surface area contributed by atoms with Crippen molar-refractivity contribution in [3.63, 3.8) is 0 Å². The molecule has 1 amide bonds. The minimum absolute atomic E-state index is 0.191. The average Bonchev–Trinajstić information content (AvgIpc) is 3.48. The summed E-state index contributed by atoms with van der Waals surface area (Å²) < 4.78 is 15.4. The summed E-state index contributed by atoms with van der Waals surface area (Å²) >= 11 is 0. The van der Waals surface area contributed by atoms with Gasteiger partial charge < -0.3 is 20.6 Å². The van der Waals surface area contributed by atoms with Crippen LogP contribution < -0.4 is 15.5 Å². The quantitative estimate of drug-likeness (QED) is 0.381. The average molecular weight is 502 g/mol. The van der Waals surface area contributed by atoms with Crippen molar-refractivity contribution in [2.75, 3.05) is 23.3 Å². The van der Waals surface area contributed by atoms with Crippen molar-refractivity contribution in [2.45, 2.75) is 38.8 Å². The first-order valence-corrected chi connectivity index (χ1v) is 12.4. The zero-order valence-corrected chi connectivity index (χ0v) is 20.7. The van der Waals surface area contributed by atoms with E-state index < -0.39 is 5.60 Å². The first kappa shape index (κ1) is 23.4. The number of pyridine rings is 3. The molecule has 0 radical (unpaired) electrons. The summed E-state index contributed by atoms with van der Waals surface area (Å²) in [7, 11) is 0. The van der Waals surface area contributed by atoms with E-state index in [1.807, 2.05) is 32.2 Å². The molecule has 0 bridgehead atoms. The standard InChI is InChI=1S/C27H28FN7O2/c1-27(2,37)16-4-3-8-34(15-16)18-5-6-22(29-11-18)33-20-13-31-25(19-12-32-26(36)24(19)20)21-14-30-23-10-17(28)7-9-35(21)23/h5-7,9-11,13-14,16,37H,3-4,8,12,15H2,1-2H3,(H,29,33)(H,32,36)/t16-/m1/s1. The lowest BCUT2D eigenvalue weighted by atomic mass is 9.84. The van der Waals surface area contributed by atoms with E-state index in [1.165, 1.54) is 12.1 Å². The monoisotopic (exact) mass is 501 g/mol. The summed E-state index contributed by atoms with van der Waals surface area (Å²) in [6.45, 7) is 5.79. The normalized spacial score (nSPS) is 17.7. The summed E-state index contributed by atoms with van der Waals surface area (Å²) in [5, 5.41) is 16.6. The van der Waals surface area contributed by atoms with Crippen LogP contribution in [0.5, 0.6) is 0 Å². The molecule has 1 saturated heterocycles. The Morgan fingerprint density at radius 1 is 1.16 bits per heavy atom. The molecule has 9 nitrogen and oxygen atoms in total. The maximum Gasteiger partial charge on any atom is 0.254 e. The SMILES string of the molecule is CC(C)(O)[C@@H]1CCCN(c2ccc(Nc3cnc(-c4cnc5cc(F)ccn45)c4c3C(=O)NC4)nc2)C1. The number of fused-ring (bicyclic) bond motifs is 2. The van der Waals surface area contributed by atoms with Crippen LogP contribution in [0.1, 0.15) is 42.6 Å². The van der Waals surface area contributed by atoms with Crippen LogP contribution in [-0.2, 0) is 6.54 Å². The lowest BCUT2D eigenvalue weighted by Crippen LogP contribution is -2.44. The molecule has 0 saturated carbocycles. The molecular weight excluding hydrogens is 473 g/mol. The number of hydrogen-bond donors (Lipinski definition) is 3. The number of amides is 1. The Kier molecular flexibility index (Phi) is 5.56. The molecule has 0 aliphatic carbocycles. The van der Waals surface area contributed by atoms with Gasteiger partial charge in [0.1, 0.15) is 17.3 Å². The van der Waals surface area contributed by atoms with Crippen LogP contribution in [0.2, 0.25) is 0 Å². The topological polar surface area (TPSA) is 108 Å². The van der Waals surface area contributed by atoms with Gasteiger partial charge in [0.25, 0.3) is 5.91 Å². The molecule has 2 aliphatic rings. The number of aromatic nitrogens is 4. The molecule has 1 atom stereocenters. The van der Waals surface area contributed by atoms with Gasteiger partial charge in [-0.2, -0.15) is 0 Å². The molecule has 4 aromatic heterocycles. The lowest BCUT2D eigenvalue weighted by Gasteiger charge is -2.39. The van der Waals surface area contributed by atoms with E-state index in [1.54, 1.807) is 23.0 Å². The Bertz CT molecular complexity index is 1490. The molecule has 0 unspecified atom stereocenters. The van der Waals surface area contributed by atoms with Crippen LogP contribution >= 0.6 is 0 Å². The number of anilines is 3. The first-order valence-electron chi connectivity index (χ1n) is 12.4. The molecule has 37 heavy (non-hydrogen) atoms. The number of piperidine rings is 1. The molecule has 4 aromatic rings. The van der Waals surface area contributed by atoms with Crippen molar-refractivity contribution >= 4 is 28.7 Å². The van der Waals surface area contributed by atoms with E-state index in [0.717, 1.165) is 37.2 Å². The zero-order chi connectivity index (χ0) is 25.7. The van der Waals surface area contributed by atoms with Crippen LogP contribution in [0.15, 0.2) is 49.1 Å². The third-order valence-electron chi connectivity index (χ3n) is 7.35. The van der Waals surface area contributed by atoms with Gasteiger partial charge in [0.05, 0.1) is 52.5 Å². The Hall–Kier alpha value is -4.05. The maximum atomic E-state index is 13.6. The highest BCUT2D eigenvalue weighted by molar-refractivity contribution is 6.05. The second-order valence-corrected chi connectivity index (χ2v) is 10.2. The van der Waals surface area contributed by atoms with Crippen molar-refractivity contribution in [3.05, 3.63) is 66.0 Å². The van der Waals surface area contributed by atoms with Crippen molar-refractivity contribution in [1.29, 1.82) is 0 Å². The van der Waals surface area contributed by atoms with Crippen molar-refractivity contribution in [3.8, 4) is 11.4 Å². The Balaban J connectivity index is 1.27. The smallest absolute Gasteiger partial charge is 0.254 e. The van der Waals surface area contributed by atoms with E-state index in [0.29, 0.717) is 40.6 Å². The number of nitrogens with zero attached hydrogens (tertiary/aromatic N) is 5. The van der Waals surface area contributed by atoms with E-state index in [2.05, 4.69) is 30.5 Å². The van der Waals surface area contributed by atoms with Gasteiger partial charge in [-0.05, 0) is 44.9 Å². The number of halogens is 1. The molecule has 6 rings (SSSR count). The van der Waals surface area contributed by atoms with Crippen LogP contribution in [-0.4, -0.2) is 49.1 Å². The fraction of sp³-hybridized carbons (Fsp3) is 0.333. The number of rotatable bonds is 5. The van der Waals surface area contributed by atoms with E-state index in [4.69, 9.17) is 0 Å². The highest BCUT2D eigenvalue weighted by Crippen LogP contribution is 2.34. The highest BCUT2D eigenvalue weighted by atomic mass is 19.1. The zero-order valence-electron chi connectivity index (χ0n) is 20.7. The number of carbonyl (C=O) groups excluding carboxylic acids is 1. The fourth-order valence-corrected chi connectivity index (χ4v) is 5.26. The molecule has 1 fully saturated rings. The van der Waals surface area contributed by atoms with Gasteiger partial charge in [0.2, 0.25) is 0 Å². The summed E-state index contributed by atoms with van der Waals surface area (Å²) in [5.74, 6) is 0.247. The maximum absolute atomic E-state index is 13.6. The van der Waals surface area contributed by atoms with Crippen molar-refractivity contribution in [2.24, 2.45) is 5.92 Å². The minimum atomic E-state index is -0.715. The Labute approximate surface area is 213 Å². The molecular formula is C27H28FN7O2. The lowest BCUT2D eigenvalue weighted by molar-refractivity contribution is 0.0110. The van der Waals surface area contributed by atoms with Crippen molar-refractivity contribution < 1.29 is 14.3 Å². The Morgan fingerprint density at radius 2 is 2.03 bits per heavy atom. The number of aliphatic hydroxyl groups is 1. The molecule has 190 valence electrons. The van der Waals surface area contributed by atoms with Gasteiger partial charge >= 0.3 is 0 Å². The van der Waals surface area contributed by atoms with Gasteiger partial charge in [-0.1, -0.05) is 0 Å². The van der Waals surface area contributed by atoms with Crippen LogP contribution in [0.3, 0.4) is 0 Å². The minimum Gasteiger partial charge on any atom is -0.390 e. The number of imidazole rings is 1. The Morgan fingerprint density at radius 3 is 2.81 bits per heavy atom. The largest absolute Gasteiger partial charge is 0.390 e. The van der Waals surface area contributed by atoms with Gasteiger partial charge in [-0.3, -0.25) is 14.2 Å². The first-order chi connectivity index (χ1) is 17.8. The van der Waals surface area contributed by atoms with E-state index >= 15 is 0 Å². The number of carbonyl (C=O) groups is 1. The van der Waals surface area contributed by atoms with E-state index in [9.17, 15) is 14.3 Å². The van der Waals surface area contributed by atoms with Gasteiger partial charge in [0.15, 0.2) is 0 Å². The van der Waals surface area contributed by atoms with Gasteiger partial charge in [-0.25, -0.2) is 14.4 Å².